The van der Waals surface area contributed by atoms with Crippen LogP contribution in [0.15, 0.2) is 60.7 Å². The number of hydrogen-bond acceptors (Lipinski definition) is 2. The highest BCUT2D eigenvalue weighted by Crippen LogP contribution is 2.23. The fraction of sp³-hybridized carbons (Fsp3) is 0.636. The fourth-order valence-corrected chi connectivity index (χ4v) is 4.62. The number of hydrogen-bond donors (Lipinski definition) is 0. The minimum absolute atomic E-state index is 0.161. The van der Waals surface area contributed by atoms with Gasteiger partial charge in [0.05, 0.1) is 19.3 Å². The molecule has 1 unspecified atom stereocenters. The van der Waals surface area contributed by atoms with Crippen molar-refractivity contribution in [3.63, 3.8) is 0 Å². The van der Waals surface area contributed by atoms with Crippen LogP contribution in [0.1, 0.15) is 109 Å². The van der Waals surface area contributed by atoms with E-state index >= 15 is 0 Å². The monoisotopic (exact) mass is 480 g/mol. The van der Waals surface area contributed by atoms with Crippen molar-refractivity contribution in [2.45, 2.75) is 117 Å². The molecule has 0 bridgehead atoms. The molecule has 0 aromatic heterocycles. The van der Waals surface area contributed by atoms with Gasteiger partial charge in [-0.2, -0.15) is 0 Å². The Kier molecular flexibility index (Phi) is 15.7. The lowest BCUT2D eigenvalue weighted by molar-refractivity contribution is -0.0430. The third kappa shape index (κ3) is 16.6. The van der Waals surface area contributed by atoms with Gasteiger partial charge in [0.25, 0.3) is 0 Å². The van der Waals surface area contributed by atoms with E-state index in [2.05, 4.69) is 81.4 Å². The van der Waals surface area contributed by atoms with Gasteiger partial charge in [-0.1, -0.05) is 139 Å². The first-order chi connectivity index (χ1) is 17.0. The van der Waals surface area contributed by atoms with Crippen molar-refractivity contribution >= 4 is 0 Å². The van der Waals surface area contributed by atoms with Crippen LogP contribution < -0.4 is 0 Å². The van der Waals surface area contributed by atoms with Crippen LogP contribution in [0, 0.1) is 5.41 Å². The molecule has 2 nitrogen and oxygen atoms in total. The van der Waals surface area contributed by atoms with E-state index in [0.29, 0.717) is 13.2 Å². The van der Waals surface area contributed by atoms with Gasteiger partial charge in [-0.15, -0.1) is 0 Å². The van der Waals surface area contributed by atoms with Crippen molar-refractivity contribution in [1.29, 1.82) is 0 Å². The van der Waals surface area contributed by atoms with Gasteiger partial charge in [0.1, 0.15) is 0 Å². The summed E-state index contributed by atoms with van der Waals surface area (Å²) in [6, 6.07) is 21.3. The first-order valence-corrected chi connectivity index (χ1v) is 14.3. The van der Waals surface area contributed by atoms with E-state index in [1.807, 2.05) is 0 Å². The Bertz CT molecular complexity index is 720. The van der Waals surface area contributed by atoms with E-state index < -0.39 is 0 Å². The number of benzene rings is 2. The van der Waals surface area contributed by atoms with E-state index in [-0.39, 0.29) is 11.5 Å². The summed E-state index contributed by atoms with van der Waals surface area (Å²) in [5.74, 6) is 0. The summed E-state index contributed by atoms with van der Waals surface area (Å²) >= 11 is 0. The lowest BCUT2D eigenvalue weighted by atomic mass is 9.89. The molecule has 0 fully saturated rings. The second-order valence-corrected chi connectivity index (χ2v) is 11.4. The smallest absolute Gasteiger partial charge is 0.0818 e. The summed E-state index contributed by atoms with van der Waals surface area (Å²) in [5.41, 5.74) is 2.96. The maximum Gasteiger partial charge on any atom is 0.0818 e. The molecule has 0 radical (unpaired) electrons. The Labute approximate surface area is 216 Å². The normalized spacial score (nSPS) is 12.7. The fourth-order valence-electron chi connectivity index (χ4n) is 4.62. The van der Waals surface area contributed by atoms with Gasteiger partial charge in [-0.25, -0.2) is 0 Å². The average Bonchev–Trinajstić information content (AvgIpc) is 2.85. The van der Waals surface area contributed by atoms with E-state index in [0.717, 1.165) is 13.0 Å². The van der Waals surface area contributed by atoms with Crippen LogP contribution in [-0.4, -0.2) is 19.3 Å². The molecule has 2 aromatic carbocycles. The summed E-state index contributed by atoms with van der Waals surface area (Å²) in [6.07, 6.45) is 17.3. The van der Waals surface area contributed by atoms with Gasteiger partial charge < -0.3 is 9.47 Å². The van der Waals surface area contributed by atoms with Crippen LogP contribution in [0.2, 0.25) is 0 Å². The zero-order valence-corrected chi connectivity index (χ0v) is 23.0. The molecule has 196 valence electrons. The lowest BCUT2D eigenvalue weighted by Gasteiger charge is -2.26. The van der Waals surface area contributed by atoms with Crippen molar-refractivity contribution in [3.8, 4) is 0 Å². The highest BCUT2D eigenvalue weighted by Gasteiger charge is 2.19. The van der Waals surface area contributed by atoms with Crippen molar-refractivity contribution in [2.75, 3.05) is 13.2 Å². The second-order valence-electron chi connectivity index (χ2n) is 11.4. The Morgan fingerprint density at radius 1 is 0.600 bits per heavy atom. The third-order valence-corrected chi connectivity index (χ3v) is 6.57. The number of unbranched alkanes of at least 4 members (excludes halogenated alkanes) is 10. The Hall–Kier alpha value is -1.64. The van der Waals surface area contributed by atoms with Crippen LogP contribution >= 0.6 is 0 Å². The average molecular weight is 481 g/mol. The minimum atomic E-state index is 0.161. The highest BCUT2D eigenvalue weighted by molar-refractivity contribution is 5.14. The molecule has 0 aliphatic heterocycles. The molecule has 0 spiro atoms. The van der Waals surface area contributed by atoms with Gasteiger partial charge in [0.15, 0.2) is 0 Å². The molecule has 0 N–H and O–H groups in total. The third-order valence-electron chi connectivity index (χ3n) is 6.57. The molecule has 2 rings (SSSR count). The Balaban J connectivity index is 1.39. The summed E-state index contributed by atoms with van der Waals surface area (Å²) in [6.45, 7) is 9.06. The van der Waals surface area contributed by atoms with Crippen molar-refractivity contribution in [1.82, 2.24) is 0 Å². The summed E-state index contributed by atoms with van der Waals surface area (Å²) < 4.78 is 12.2. The molecule has 2 aromatic rings. The highest BCUT2D eigenvalue weighted by atomic mass is 16.5. The van der Waals surface area contributed by atoms with Crippen molar-refractivity contribution in [2.24, 2.45) is 5.41 Å². The van der Waals surface area contributed by atoms with Crippen LogP contribution in [0.25, 0.3) is 0 Å². The van der Waals surface area contributed by atoms with Crippen molar-refractivity contribution in [3.05, 3.63) is 71.8 Å². The Morgan fingerprint density at radius 3 is 1.63 bits per heavy atom. The first kappa shape index (κ1) is 29.6. The summed E-state index contributed by atoms with van der Waals surface area (Å²) in [7, 11) is 0. The zero-order chi connectivity index (χ0) is 25.0. The predicted molar refractivity (Wildman–Crippen MR) is 151 cm³/mol. The van der Waals surface area contributed by atoms with Gasteiger partial charge >= 0.3 is 0 Å². The molecule has 0 heterocycles. The van der Waals surface area contributed by atoms with Gasteiger partial charge in [0, 0.05) is 6.61 Å². The molecule has 0 saturated carbocycles. The van der Waals surface area contributed by atoms with Crippen LogP contribution in [0.3, 0.4) is 0 Å². The Morgan fingerprint density at radius 2 is 1.09 bits per heavy atom. The molecule has 1 atom stereocenters. The number of aryl methyl sites for hydroxylation is 1. The molecule has 0 aliphatic carbocycles. The predicted octanol–water partition coefficient (Wildman–Crippen LogP) is 9.56. The molecule has 2 heteroatoms. The van der Waals surface area contributed by atoms with Crippen LogP contribution in [0.4, 0.5) is 0 Å². The molecule has 0 aliphatic rings. The van der Waals surface area contributed by atoms with E-state index in [1.54, 1.807) is 0 Å². The molecule has 0 amide bonds. The largest absolute Gasteiger partial charge is 0.379 e. The number of ether oxygens (including phenoxy) is 2. The molecular weight excluding hydrogens is 428 g/mol. The van der Waals surface area contributed by atoms with Gasteiger partial charge in [-0.05, 0) is 42.2 Å². The summed E-state index contributed by atoms with van der Waals surface area (Å²) in [4.78, 5) is 0. The maximum absolute atomic E-state index is 6.21. The van der Waals surface area contributed by atoms with Crippen LogP contribution in [0.5, 0.6) is 0 Å². The molecule has 0 saturated heterocycles. The topological polar surface area (TPSA) is 18.5 Å². The van der Waals surface area contributed by atoms with E-state index in [4.69, 9.17) is 9.47 Å². The minimum Gasteiger partial charge on any atom is -0.379 e. The van der Waals surface area contributed by atoms with Gasteiger partial charge in [0.2, 0.25) is 0 Å². The maximum atomic E-state index is 6.21. The SMILES string of the molecule is CC(C)(C)CC(COCCCCCCCCCCCCCc1ccccc1)OCc1ccccc1. The standard InChI is InChI=1S/C33H52O2/c1-33(2,3)27-32(35-28-31-24-18-14-19-25-31)29-34-26-20-12-10-8-6-4-5-7-9-11-15-21-30-22-16-13-17-23-30/h13-14,16-19,22-25,32H,4-12,15,20-21,26-29H2,1-3H3. The van der Waals surface area contributed by atoms with Crippen molar-refractivity contribution < 1.29 is 9.47 Å². The zero-order valence-electron chi connectivity index (χ0n) is 23.0. The first-order valence-electron chi connectivity index (χ1n) is 14.3. The number of rotatable bonds is 20. The summed E-state index contributed by atoms with van der Waals surface area (Å²) in [5, 5.41) is 0. The quantitative estimate of drug-likeness (QED) is 0.176. The molecule has 35 heavy (non-hydrogen) atoms. The van der Waals surface area contributed by atoms with Gasteiger partial charge in [-0.3, -0.25) is 0 Å². The lowest BCUT2D eigenvalue weighted by Crippen LogP contribution is -2.26. The van der Waals surface area contributed by atoms with E-state index in [9.17, 15) is 0 Å². The van der Waals surface area contributed by atoms with Crippen LogP contribution in [-0.2, 0) is 22.5 Å². The second kappa shape index (κ2) is 18.6. The van der Waals surface area contributed by atoms with E-state index in [1.165, 1.54) is 88.2 Å². The molecular formula is C33H52O2.